The molecule has 0 spiro atoms. The standard InChI is InChI=1S/C13H12F3N3/c1-7(17)2-8-5-18-13(19-6-8)9-3-10(14)12(16)11(15)4-9/h3-7H,2,17H2,1H3. The van der Waals surface area contributed by atoms with Crippen LogP contribution in [0.1, 0.15) is 12.5 Å². The SMILES string of the molecule is CC(N)Cc1cnc(-c2cc(F)c(F)c(F)c2)nc1. The molecular formula is C13H12F3N3. The van der Waals surface area contributed by atoms with Gasteiger partial charge in [-0.3, -0.25) is 0 Å². The Morgan fingerprint density at radius 1 is 1.11 bits per heavy atom. The van der Waals surface area contributed by atoms with Crippen LogP contribution < -0.4 is 5.73 Å². The Morgan fingerprint density at radius 2 is 1.63 bits per heavy atom. The Balaban J connectivity index is 2.32. The first-order valence-electron chi connectivity index (χ1n) is 5.69. The van der Waals surface area contributed by atoms with Gasteiger partial charge in [0.15, 0.2) is 23.3 Å². The molecule has 0 aliphatic heterocycles. The van der Waals surface area contributed by atoms with Crippen LogP contribution in [-0.2, 0) is 6.42 Å². The molecule has 0 aliphatic carbocycles. The zero-order valence-corrected chi connectivity index (χ0v) is 10.2. The van der Waals surface area contributed by atoms with Crippen molar-refractivity contribution >= 4 is 0 Å². The first kappa shape index (κ1) is 13.5. The lowest BCUT2D eigenvalue weighted by Crippen LogP contribution is -2.18. The molecule has 1 aromatic heterocycles. The van der Waals surface area contributed by atoms with E-state index in [1.165, 1.54) is 12.4 Å². The van der Waals surface area contributed by atoms with Gasteiger partial charge in [-0.15, -0.1) is 0 Å². The maximum atomic E-state index is 13.1. The summed E-state index contributed by atoms with van der Waals surface area (Å²) in [6, 6.07) is 1.69. The maximum absolute atomic E-state index is 13.1. The van der Waals surface area contributed by atoms with E-state index >= 15 is 0 Å². The molecule has 6 heteroatoms. The Hall–Kier alpha value is -1.95. The van der Waals surface area contributed by atoms with Crippen LogP contribution >= 0.6 is 0 Å². The molecule has 1 aromatic carbocycles. The molecule has 100 valence electrons. The third-order valence-corrected chi connectivity index (χ3v) is 2.51. The van der Waals surface area contributed by atoms with Gasteiger partial charge < -0.3 is 5.73 Å². The summed E-state index contributed by atoms with van der Waals surface area (Å²) >= 11 is 0. The maximum Gasteiger partial charge on any atom is 0.194 e. The van der Waals surface area contributed by atoms with Gasteiger partial charge in [0.1, 0.15) is 0 Å². The molecule has 0 saturated heterocycles. The zero-order chi connectivity index (χ0) is 14.0. The Labute approximate surface area is 108 Å². The largest absolute Gasteiger partial charge is 0.328 e. The van der Waals surface area contributed by atoms with E-state index in [1.54, 1.807) is 0 Å². The average molecular weight is 267 g/mol. The summed E-state index contributed by atoms with van der Waals surface area (Å²) in [5, 5.41) is 0. The number of rotatable bonds is 3. The minimum atomic E-state index is -1.50. The van der Waals surface area contributed by atoms with Crippen LogP contribution in [0.25, 0.3) is 11.4 Å². The van der Waals surface area contributed by atoms with Crippen LogP contribution in [0.15, 0.2) is 24.5 Å². The smallest absolute Gasteiger partial charge is 0.194 e. The second kappa shape index (κ2) is 5.36. The molecule has 2 aromatic rings. The van der Waals surface area contributed by atoms with E-state index in [4.69, 9.17) is 5.73 Å². The third kappa shape index (κ3) is 3.08. The zero-order valence-electron chi connectivity index (χ0n) is 10.2. The molecule has 1 heterocycles. The fourth-order valence-corrected chi connectivity index (χ4v) is 1.67. The van der Waals surface area contributed by atoms with Crippen molar-refractivity contribution in [3.8, 4) is 11.4 Å². The molecule has 19 heavy (non-hydrogen) atoms. The van der Waals surface area contributed by atoms with E-state index in [0.29, 0.717) is 6.42 Å². The molecule has 2 rings (SSSR count). The van der Waals surface area contributed by atoms with Gasteiger partial charge in [0.05, 0.1) is 0 Å². The molecule has 1 atom stereocenters. The molecule has 3 nitrogen and oxygen atoms in total. The highest BCUT2D eigenvalue weighted by Gasteiger charge is 2.13. The summed E-state index contributed by atoms with van der Waals surface area (Å²) in [7, 11) is 0. The van der Waals surface area contributed by atoms with Crippen LogP contribution in [0.2, 0.25) is 0 Å². The van der Waals surface area contributed by atoms with Crippen molar-refractivity contribution in [2.24, 2.45) is 5.73 Å². The molecule has 1 unspecified atom stereocenters. The minimum absolute atomic E-state index is 0.0323. The number of halogens is 3. The fraction of sp³-hybridized carbons (Fsp3) is 0.231. The number of hydrogen-bond donors (Lipinski definition) is 1. The molecule has 0 fully saturated rings. The highest BCUT2D eigenvalue weighted by Crippen LogP contribution is 2.20. The first-order chi connectivity index (χ1) is 8.97. The van der Waals surface area contributed by atoms with Crippen molar-refractivity contribution < 1.29 is 13.2 Å². The van der Waals surface area contributed by atoms with E-state index in [2.05, 4.69) is 9.97 Å². The molecule has 0 amide bonds. The second-order valence-electron chi connectivity index (χ2n) is 4.35. The van der Waals surface area contributed by atoms with Crippen LogP contribution in [0.4, 0.5) is 13.2 Å². The van der Waals surface area contributed by atoms with E-state index < -0.39 is 17.5 Å². The fourth-order valence-electron chi connectivity index (χ4n) is 1.67. The second-order valence-corrected chi connectivity index (χ2v) is 4.35. The average Bonchev–Trinajstić information content (AvgIpc) is 2.35. The highest BCUT2D eigenvalue weighted by atomic mass is 19.2. The van der Waals surface area contributed by atoms with E-state index in [1.807, 2.05) is 6.92 Å². The van der Waals surface area contributed by atoms with Crippen molar-refractivity contribution in [3.63, 3.8) is 0 Å². The predicted octanol–water partition coefficient (Wildman–Crippen LogP) is 2.45. The van der Waals surface area contributed by atoms with Gasteiger partial charge in [-0.1, -0.05) is 0 Å². The van der Waals surface area contributed by atoms with Crippen molar-refractivity contribution in [2.75, 3.05) is 0 Å². The normalized spacial score (nSPS) is 12.5. The van der Waals surface area contributed by atoms with Crippen molar-refractivity contribution in [1.82, 2.24) is 9.97 Å². The number of nitrogens with two attached hydrogens (primary N) is 1. The minimum Gasteiger partial charge on any atom is -0.328 e. The van der Waals surface area contributed by atoms with Crippen molar-refractivity contribution in [2.45, 2.75) is 19.4 Å². The number of nitrogens with zero attached hydrogens (tertiary/aromatic N) is 2. The van der Waals surface area contributed by atoms with Gasteiger partial charge in [0.2, 0.25) is 0 Å². The van der Waals surface area contributed by atoms with Crippen LogP contribution in [-0.4, -0.2) is 16.0 Å². The Morgan fingerprint density at radius 3 is 2.11 bits per heavy atom. The lowest BCUT2D eigenvalue weighted by molar-refractivity contribution is 0.447. The Kier molecular flexibility index (Phi) is 3.80. The van der Waals surface area contributed by atoms with Crippen LogP contribution in [0.5, 0.6) is 0 Å². The van der Waals surface area contributed by atoms with Gasteiger partial charge in [-0.2, -0.15) is 0 Å². The number of hydrogen-bond acceptors (Lipinski definition) is 3. The molecular weight excluding hydrogens is 255 g/mol. The van der Waals surface area contributed by atoms with Crippen LogP contribution in [0, 0.1) is 17.5 Å². The van der Waals surface area contributed by atoms with Gasteiger partial charge in [-0.25, -0.2) is 23.1 Å². The Bertz CT molecular complexity index is 559. The lowest BCUT2D eigenvalue weighted by Gasteiger charge is -2.06. The molecule has 0 aliphatic rings. The third-order valence-electron chi connectivity index (χ3n) is 2.51. The molecule has 0 bridgehead atoms. The summed E-state index contributed by atoms with van der Waals surface area (Å²) in [4.78, 5) is 7.98. The van der Waals surface area contributed by atoms with Gasteiger partial charge in [0, 0.05) is 24.0 Å². The summed E-state index contributed by atoms with van der Waals surface area (Å²) in [6.07, 6.45) is 3.67. The summed E-state index contributed by atoms with van der Waals surface area (Å²) in [5.41, 5.74) is 6.54. The van der Waals surface area contributed by atoms with Crippen LogP contribution in [0.3, 0.4) is 0 Å². The van der Waals surface area contributed by atoms with Gasteiger partial charge >= 0.3 is 0 Å². The highest BCUT2D eigenvalue weighted by molar-refractivity contribution is 5.54. The van der Waals surface area contributed by atoms with E-state index in [9.17, 15) is 13.2 Å². The van der Waals surface area contributed by atoms with E-state index in [0.717, 1.165) is 17.7 Å². The summed E-state index contributed by atoms with van der Waals surface area (Å²) in [6.45, 7) is 1.85. The predicted molar refractivity (Wildman–Crippen MR) is 64.7 cm³/mol. The molecule has 0 saturated carbocycles. The topological polar surface area (TPSA) is 51.8 Å². The number of aromatic nitrogens is 2. The van der Waals surface area contributed by atoms with Crippen molar-refractivity contribution in [3.05, 3.63) is 47.5 Å². The molecule has 0 radical (unpaired) electrons. The van der Waals surface area contributed by atoms with E-state index in [-0.39, 0.29) is 17.4 Å². The summed E-state index contributed by atoms with van der Waals surface area (Å²) in [5.74, 6) is -3.90. The first-order valence-corrected chi connectivity index (χ1v) is 5.69. The molecule has 2 N–H and O–H groups in total. The summed E-state index contributed by atoms with van der Waals surface area (Å²) < 4.78 is 39.0. The lowest BCUT2D eigenvalue weighted by atomic mass is 10.1. The van der Waals surface area contributed by atoms with Gasteiger partial charge in [0.25, 0.3) is 0 Å². The quantitative estimate of drug-likeness (QED) is 0.869. The monoisotopic (exact) mass is 267 g/mol. The number of benzene rings is 1. The van der Waals surface area contributed by atoms with Gasteiger partial charge in [-0.05, 0) is 31.0 Å². The van der Waals surface area contributed by atoms with Crippen molar-refractivity contribution in [1.29, 1.82) is 0 Å².